The lowest BCUT2D eigenvalue weighted by atomic mass is 10.1. The van der Waals surface area contributed by atoms with Crippen LogP contribution in [-0.2, 0) is 4.79 Å². The van der Waals surface area contributed by atoms with Crippen LogP contribution in [-0.4, -0.2) is 32.6 Å². The zero-order valence-corrected chi connectivity index (χ0v) is 8.02. The summed E-state index contributed by atoms with van der Waals surface area (Å²) in [5, 5.41) is 5.61. The zero-order valence-electron chi connectivity index (χ0n) is 8.02. The average molecular weight is 174 g/mol. The van der Waals surface area contributed by atoms with E-state index in [4.69, 9.17) is 0 Å². The number of hydrogen-bond donors (Lipinski definition) is 3. The van der Waals surface area contributed by atoms with Crippen LogP contribution in [0.25, 0.3) is 0 Å². The van der Waals surface area contributed by atoms with Crippen molar-refractivity contribution >= 4 is 5.91 Å². The molecule has 0 aliphatic carbocycles. The molecule has 0 saturated heterocycles. The van der Waals surface area contributed by atoms with Crippen molar-refractivity contribution in [2.75, 3.05) is 20.6 Å². The number of rotatable bonds is 6. The summed E-state index contributed by atoms with van der Waals surface area (Å²) in [6.45, 7) is 0.949. The molecule has 1 unspecified atom stereocenters. The molecule has 0 rings (SSSR count). The minimum atomic E-state index is -0.0402. The van der Waals surface area contributed by atoms with Crippen LogP contribution in [0.5, 0.6) is 0 Å². The molecule has 0 radical (unpaired) electrons. The molecule has 12 heavy (non-hydrogen) atoms. The maximum absolute atomic E-state index is 11.1. The van der Waals surface area contributed by atoms with Gasteiger partial charge in [-0.05, 0) is 26.3 Å². The largest absolute Gasteiger partial charge is 0.358 e. The van der Waals surface area contributed by atoms with Crippen molar-refractivity contribution in [2.45, 2.75) is 25.3 Å². The maximum atomic E-state index is 11.1. The fraction of sp³-hybridized carbons (Fsp3) is 0.875. The topological polar surface area (TPSA) is 68.8 Å². The summed E-state index contributed by atoms with van der Waals surface area (Å²) in [6.07, 6.45) is 3.04. The van der Waals surface area contributed by atoms with Gasteiger partial charge in [0, 0.05) is 7.05 Å². The molecule has 72 valence electrons. The summed E-state index contributed by atoms with van der Waals surface area (Å²) in [5.74, 6) is 0.0709. The quantitative estimate of drug-likeness (QED) is 0.440. The summed E-state index contributed by atoms with van der Waals surface area (Å²) in [4.78, 5) is 11.1. The van der Waals surface area contributed by atoms with Crippen LogP contribution in [0.15, 0.2) is 0 Å². The first-order chi connectivity index (χ1) is 5.76. The van der Waals surface area contributed by atoms with Crippen molar-refractivity contribution in [1.29, 1.82) is 0 Å². The summed E-state index contributed by atoms with van der Waals surface area (Å²) in [6, 6.07) is -0.0402. The third kappa shape index (κ3) is 4.31. The van der Waals surface area contributed by atoms with E-state index < -0.39 is 0 Å². The highest BCUT2D eigenvalue weighted by Gasteiger charge is 2.13. The van der Waals surface area contributed by atoms with Gasteiger partial charge in [-0.25, -0.2) is 0 Å². The van der Waals surface area contributed by atoms with Gasteiger partial charge in [-0.15, -0.1) is 0 Å². The lowest BCUT2D eigenvalue weighted by Crippen LogP contribution is -2.50. The van der Waals surface area contributed by atoms with Crippen molar-refractivity contribution < 1.29 is 10.5 Å². The van der Waals surface area contributed by atoms with Crippen LogP contribution in [0.1, 0.15) is 19.3 Å². The fourth-order valence-corrected chi connectivity index (χ4v) is 1.11. The molecule has 0 heterocycles. The third-order valence-corrected chi connectivity index (χ3v) is 1.90. The van der Waals surface area contributed by atoms with Gasteiger partial charge in [0.1, 0.15) is 0 Å². The van der Waals surface area contributed by atoms with Gasteiger partial charge in [-0.2, -0.15) is 0 Å². The lowest BCUT2D eigenvalue weighted by molar-refractivity contribution is -0.368. The molecule has 0 bridgehead atoms. The number of carbonyl (C=O) groups is 1. The normalized spacial score (nSPS) is 12.6. The predicted octanol–water partition coefficient (Wildman–Crippen LogP) is -1.27. The van der Waals surface area contributed by atoms with Gasteiger partial charge in [-0.1, -0.05) is 0 Å². The van der Waals surface area contributed by atoms with Gasteiger partial charge >= 0.3 is 0 Å². The second-order valence-corrected chi connectivity index (χ2v) is 2.80. The van der Waals surface area contributed by atoms with Crippen molar-refractivity contribution in [3.05, 3.63) is 0 Å². The third-order valence-electron chi connectivity index (χ3n) is 1.90. The van der Waals surface area contributed by atoms with E-state index in [0.717, 1.165) is 25.8 Å². The summed E-state index contributed by atoms with van der Waals surface area (Å²) >= 11 is 0. The highest BCUT2D eigenvalue weighted by molar-refractivity contribution is 5.81. The van der Waals surface area contributed by atoms with Crippen LogP contribution < -0.4 is 16.4 Å². The Morgan fingerprint density at radius 3 is 2.50 bits per heavy atom. The molecule has 1 amide bonds. The Hall–Kier alpha value is -0.610. The Morgan fingerprint density at radius 2 is 2.08 bits per heavy atom. The number of unbranched alkanes of at least 4 members (excludes halogenated alkanes) is 1. The SMILES string of the molecule is CNC(=O)C(CCCC[NH3+])NC. The van der Waals surface area contributed by atoms with Gasteiger partial charge in [-0.3, -0.25) is 4.79 Å². The van der Waals surface area contributed by atoms with Gasteiger partial charge in [0.2, 0.25) is 5.91 Å². The Balaban J connectivity index is 3.60. The molecule has 1 atom stereocenters. The molecule has 4 nitrogen and oxygen atoms in total. The molecular formula is C8H20N3O+. The van der Waals surface area contributed by atoms with Crippen LogP contribution in [0.3, 0.4) is 0 Å². The number of amides is 1. The number of hydrogen-bond acceptors (Lipinski definition) is 2. The van der Waals surface area contributed by atoms with E-state index in [-0.39, 0.29) is 11.9 Å². The van der Waals surface area contributed by atoms with Crippen molar-refractivity contribution in [3.63, 3.8) is 0 Å². The molecule has 0 aliphatic rings. The summed E-state index contributed by atoms with van der Waals surface area (Å²) in [7, 11) is 3.47. The van der Waals surface area contributed by atoms with E-state index in [1.54, 1.807) is 7.05 Å². The molecule has 5 N–H and O–H groups in total. The first-order valence-electron chi connectivity index (χ1n) is 4.44. The maximum Gasteiger partial charge on any atom is 0.236 e. The van der Waals surface area contributed by atoms with E-state index in [1.807, 2.05) is 7.05 Å². The van der Waals surface area contributed by atoms with E-state index in [9.17, 15) is 4.79 Å². The zero-order chi connectivity index (χ0) is 9.40. The highest BCUT2D eigenvalue weighted by Crippen LogP contribution is 1.99. The first kappa shape index (κ1) is 11.4. The lowest BCUT2D eigenvalue weighted by Gasteiger charge is -2.13. The second-order valence-electron chi connectivity index (χ2n) is 2.80. The van der Waals surface area contributed by atoms with Crippen LogP contribution in [0, 0.1) is 0 Å². The average Bonchev–Trinajstić information content (AvgIpc) is 2.11. The number of quaternary nitrogens is 1. The van der Waals surface area contributed by atoms with Crippen LogP contribution in [0.2, 0.25) is 0 Å². The van der Waals surface area contributed by atoms with E-state index in [1.165, 1.54) is 0 Å². The van der Waals surface area contributed by atoms with Crippen molar-refractivity contribution in [1.82, 2.24) is 10.6 Å². The molecule has 0 fully saturated rings. The smallest absolute Gasteiger partial charge is 0.236 e. The Morgan fingerprint density at radius 1 is 1.42 bits per heavy atom. The summed E-state index contributed by atoms with van der Waals surface area (Å²) in [5.41, 5.74) is 3.75. The van der Waals surface area contributed by atoms with Gasteiger partial charge in [0.05, 0.1) is 12.6 Å². The Bertz CT molecular complexity index is 127. The Kier molecular flexibility index (Phi) is 6.70. The molecule has 0 aliphatic heterocycles. The molecule has 0 saturated carbocycles. The minimum absolute atomic E-state index is 0.0402. The van der Waals surface area contributed by atoms with Crippen LogP contribution >= 0.6 is 0 Å². The molecular weight excluding hydrogens is 154 g/mol. The first-order valence-corrected chi connectivity index (χ1v) is 4.44. The molecule has 0 aromatic carbocycles. The Labute approximate surface area is 73.9 Å². The van der Waals surface area contributed by atoms with Crippen LogP contribution in [0.4, 0.5) is 0 Å². The molecule has 0 aromatic rings. The molecule has 0 aromatic heterocycles. The summed E-state index contributed by atoms with van der Waals surface area (Å²) < 4.78 is 0. The number of carbonyl (C=O) groups excluding carboxylic acids is 1. The monoisotopic (exact) mass is 174 g/mol. The number of nitrogens with one attached hydrogen (secondary N) is 2. The molecule has 0 spiro atoms. The molecule has 4 heteroatoms. The predicted molar refractivity (Wildman–Crippen MR) is 48.5 cm³/mol. The second kappa shape index (κ2) is 7.06. The standard InChI is InChI=1S/C8H19N3O/c1-10-7(8(12)11-2)5-3-4-6-9/h7,10H,3-6,9H2,1-2H3,(H,11,12)/p+1. The van der Waals surface area contributed by atoms with Crippen molar-refractivity contribution in [2.24, 2.45) is 0 Å². The fourth-order valence-electron chi connectivity index (χ4n) is 1.11. The van der Waals surface area contributed by atoms with E-state index in [2.05, 4.69) is 16.4 Å². The minimum Gasteiger partial charge on any atom is -0.358 e. The number of likely N-dealkylation sites (N-methyl/N-ethyl adjacent to an activating group) is 2. The van der Waals surface area contributed by atoms with E-state index >= 15 is 0 Å². The van der Waals surface area contributed by atoms with Crippen molar-refractivity contribution in [3.8, 4) is 0 Å². The van der Waals surface area contributed by atoms with E-state index in [0.29, 0.717) is 0 Å². The highest BCUT2D eigenvalue weighted by atomic mass is 16.2. The van der Waals surface area contributed by atoms with Gasteiger partial charge < -0.3 is 16.4 Å². The van der Waals surface area contributed by atoms with Gasteiger partial charge in [0.15, 0.2) is 0 Å². The van der Waals surface area contributed by atoms with Gasteiger partial charge in [0.25, 0.3) is 0 Å².